The fourth-order valence-electron chi connectivity index (χ4n) is 2.99. The van der Waals surface area contributed by atoms with E-state index in [1.54, 1.807) is 21.6 Å². The lowest BCUT2D eigenvalue weighted by atomic mass is 10.0. The summed E-state index contributed by atoms with van der Waals surface area (Å²) in [6.45, 7) is 0.871. The number of anilines is 1. The first-order chi connectivity index (χ1) is 11.5. The molecule has 1 saturated heterocycles. The highest BCUT2D eigenvalue weighted by Crippen LogP contribution is 2.39. The number of carbonyl (C=O) groups is 2. The van der Waals surface area contributed by atoms with Crippen molar-refractivity contribution in [3.8, 4) is 0 Å². The van der Waals surface area contributed by atoms with Gasteiger partial charge < -0.3 is 21.7 Å². The van der Waals surface area contributed by atoms with Gasteiger partial charge in [0, 0.05) is 17.9 Å². The van der Waals surface area contributed by atoms with E-state index in [2.05, 4.69) is 0 Å². The third-order valence-electron chi connectivity index (χ3n) is 4.20. The van der Waals surface area contributed by atoms with Gasteiger partial charge in [0.15, 0.2) is 18.6 Å². The number of hydrogen-bond acceptors (Lipinski definition) is 6. The molecule has 0 aliphatic carbocycles. The number of carbonyl (C=O) groups excluding carboxylic acids is 1. The number of aromatic nitrogens is 2. The van der Waals surface area contributed by atoms with Gasteiger partial charge in [-0.25, -0.2) is 4.79 Å². The number of rotatable bonds is 6. The summed E-state index contributed by atoms with van der Waals surface area (Å²) >= 11 is 1.47. The molecule has 10 heteroatoms. The molecule has 24 heavy (non-hydrogen) atoms. The van der Waals surface area contributed by atoms with Gasteiger partial charge in [0.2, 0.25) is 5.91 Å². The zero-order valence-electron chi connectivity index (χ0n) is 13.0. The smallest absolute Gasteiger partial charge is 0.352 e. The van der Waals surface area contributed by atoms with Crippen LogP contribution in [0.5, 0.6) is 0 Å². The molecule has 1 aromatic rings. The van der Waals surface area contributed by atoms with Crippen LogP contribution in [0.2, 0.25) is 0 Å². The summed E-state index contributed by atoms with van der Waals surface area (Å²) in [4.78, 5) is 24.9. The average molecular weight is 354 g/mol. The molecule has 6 N–H and O–H groups in total. The Bertz CT molecular complexity index is 716. The second-order valence-corrected chi connectivity index (χ2v) is 6.84. The van der Waals surface area contributed by atoms with Crippen LogP contribution in [-0.4, -0.2) is 55.4 Å². The van der Waals surface area contributed by atoms with Gasteiger partial charge in [-0.2, -0.15) is 0 Å². The van der Waals surface area contributed by atoms with E-state index in [0.717, 1.165) is 0 Å². The van der Waals surface area contributed by atoms with Gasteiger partial charge in [-0.1, -0.05) is 0 Å². The molecule has 3 rings (SSSR count). The molecule has 1 aromatic heterocycles. The summed E-state index contributed by atoms with van der Waals surface area (Å²) in [6, 6.07) is 1.09. The molecule has 0 aromatic carbocycles. The van der Waals surface area contributed by atoms with Crippen LogP contribution in [0.3, 0.4) is 0 Å². The molecule has 0 radical (unpaired) electrons. The number of amides is 1. The molecule has 2 aliphatic heterocycles. The maximum absolute atomic E-state index is 12.0. The van der Waals surface area contributed by atoms with Crippen LogP contribution < -0.4 is 16.1 Å². The minimum absolute atomic E-state index is 0.0198. The van der Waals surface area contributed by atoms with Gasteiger partial charge in [0.25, 0.3) is 0 Å². The number of carboxylic acids is 1. The predicted octanol–water partition coefficient (Wildman–Crippen LogP) is -1.68. The molecule has 0 saturated carbocycles. The number of thioether (sulfide) groups is 1. The normalized spacial score (nSPS) is 23.2. The number of fused-ring (bicyclic) bond motifs is 1. The lowest BCUT2D eigenvalue weighted by molar-refractivity contribution is -0.767. The summed E-state index contributed by atoms with van der Waals surface area (Å²) in [5.41, 5.74) is 12.3. The number of β-lactam (4-membered cyclic amide) rings is 1. The molecule has 130 valence electrons. The Morgan fingerprint density at radius 2 is 2.25 bits per heavy atom. The molecule has 2 atom stereocenters. The van der Waals surface area contributed by atoms with Crippen LogP contribution in [0.25, 0.3) is 0 Å². The number of carboxylic acid groups (broad SMARTS) is 1. The maximum atomic E-state index is 12.0. The summed E-state index contributed by atoms with van der Waals surface area (Å²) in [5.74, 6) is -0.467. The van der Waals surface area contributed by atoms with Crippen molar-refractivity contribution < 1.29 is 24.5 Å². The number of hydrogen-bond donors (Lipinski definition) is 4. The van der Waals surface area contributed by atoms with Crippen molar-refractivity contribution in [1.29, 1.82) is 0 Å². The lowest BCUT2D eigenvalue weighted by Gasteiger charge is -2.47. The molecular formula is C14H20N5O4S+. The molecule has 2 aliphatic rings. The molecule has 3 heterocycles. The van der Waals surface area contributed by atoms with Crippen LogP contribution in [0.1, 0.15) is 6.42 Å². The zero-order chi connectivity index (χ0) is 17.4. The first-order valence-corrected chi connectivity index (χ1v) is 8.61. The number of nitrogens with two attached hydrogens (primary N) is 2. The molecule has 0 spiro atoms. The first kappa shape index (κ1) is 16.8. The van der Waals surface area contributed by atoms with Crippen molar-refractivity contribution in [1.82, 2.24) is 9.58 Å². The maximum Gasteiger partial charge on any atom is 0.352 e. The van der Waals surface area contributed by atoms with E-state index >= 15 is 0 Å². The van der Waals surface area contributed by atoms with Gasteiger partial charge >= 0.3 is 5.97 Å². The van der Waals surface area contributed by atoms with Crippen LogP contribution in [0, 0.1) is 0 Å². The van der Waals surface area contributed by atoms with Gasteiger partial charge in [-0.05, 0) is 6.42 Å². The Morgan fingerprint density at radius 1 is 1.50 bits per heavy atom. The fraction of sp³-hybridized carbons (Fsp3) is 0.500. The third-order valence-corrected chi connectivity index (χ3v) is 5.56. The number of nitrogen functional groups attached to an aromatic ring is 1. The van der Waals surface area contributed by atoms with Crippen molar-refractivity contribution in [2.45, 2.75) is 30.9 Å². The minimum atomic E-state index is -1.13. The van der Waals surface area contributed by atoms with Gasteiger partial charge in [0.1, 0.15) is 17.1 Å². The topological polar surface area (TPSA) is 139 Å². The molecule has 1 amide bonds. The van der Waals surface area contributed by atoms with Crippen molar-refractivity contribution in [2.24, 2.45) is 5.73 Å². The summed E-state index contributed by atoms with van der Waals surface area (Å²) < 4.78 is 3.58. The van der Waals surface area contributed by atoms with E-state index in [1.165, 1.54) is 16.7 Å². The SMILES string of the molecule is Nc1cc[n+](CC2=C(C(=O)O)N3C(=O)[C@@H](N)[C@H]3SC2)n1CCCO. The second-order valence-electron chi connectivity index (χ2n) is 5.73. The highest BCUT2D eigenvalue weighted by atomic mass is 32.2. The number of aliphatic carboxylic acids is 1. The van der Waals surface area contributed by atoms with Gasteiger partial charge in [-0.15, -0.1) is 21.1 Å². The Labute approximate surface area is 142 Å². The minimum Gasteiger partial charge on any atom is -0.477 e. The Hall–Kier alpha value is -2.04. The second kappa shape index (κ2) is 6.46. The van der Waals surface area contributed by atoms with E-state index in [1.807, 2.05) is 0 Å². The van der Waals surface area contributed by atoms with E-state index in [0.29, 0.717) is 36.7 Å². The first-order valence-electron chi connectivity index (χ1n) is 7.57. The molecule has 9 nitrogen and oxygen atoms in total. The fourth-order valence-corrected chi connectivity index (χ4v) is 4.27. The highest BCUT2D eigenvalue weighted by Gasteiger charge is 2.52. The van der Waals surface area contributed by atoms with Crippen LogP contribution in [-0.2, 0) is 22.7 Å². The van der Waals surface area contributed by atoms with E-state index in [9.17, 15) is 14.7 Å². The summed E-state index contributed by atoms with van der Waals surface area (Å²) in [7, 11) is 0. The molecule has 1 fully saturated rings. The molecule has 0 unspecified atom stereocenters. The van der Waals surface area contributed by atoms with Crippen molar-refractivity contribution in [3.63, 3.8) is 0 Å². The van der Waals surface area contributed by atoms with Crippen LogP contribution in [0.15, 0.2) is 23.5 Å². The standard InChI is InChI=1S/C14H19N5O4S/c15-9-2-4-17(18(9)3-1-5-20)6-8-7-24-13-10(16)12(21)19(13)11(8)14(22)23/h2,4,10,13,15,20H,1,3,5-7,16H2,(H,22,23)/p+1/t10-,13-/m1/s1. The largest absolute Gasteiger partial charge is 0.477 e. The average Bonchev–Trinajstić information content (AvgIpc) is 2.91. The summed E-state index contributed by atoms with van der Waals surface area (Å²) in [5, 5.41) is 18.2. The van der Waals surface area contributed by atoms with E-state index < -0.39 is 12.0 Å². The van der Waals surface area contributed by atoms with Crippen molar-refractivity contribution in [2.75, 3.05) is 18.1 Å². The summed E-state index contributed by atoms with van der Waals surface area (Å²) in [6.07, 6.45) is 2.31. The Kier molecular flexibility index (Phi) is 4.52. The number of nitrogens with zero attached hydrogens (tertiary/aromatic N) is 3. The van der Waals surface area contributed by atoms with E-state index in [-0.39, 0.29) is 23.6 Å². The van der Waals surface area contributed by atoms with Crippen molar-refractivity contribution in [3.05, 3.63) is 23.5 Å². The number of aliphatic hydroxyl groups is 1. The molecule has 0 bridgehead atoms. The van der Waals surface area contributed by atoms with Crippen LogP contribution in [0.4, 0.5) is 5.82 Å². The Balaban J connectivity index is 1.91. The lowest BCUT2D eigenvalue weighted by Crippen LogP contribution is -2.68. The van der Waals surface area contributed by atoms with Gasteiger partial charge in [-0.3, -0.25) is 9.69 Å². The highest BCUT2D eigenvalue weighted by molar-refractivity contribution is 8.00. The Morgan fingerprint density at radius 3 is 2.92 bits per heavy atom. The monoisotopic (exact) mass is 354 g/mol. The van der Waals surface area contributed by atoms with Gasteiger partial charge in [0.05, 0.1) is 12.6 Å². The quantitative estimate of drug-likeness (QED) is 0.353. The molecular weight excluding hydrogens is 334 g/mol. The van der Waals surface area contributed by atoms with E-state index in [4.69, 9.17) is 16.6 Å². The van der Waals surface area contributed by atoms with Crippen molar-refractivity contribution >= 4 is 29.5 Å². The zero-order valence-corrected chi connectivity index (χ0v) is 13.8. The van der Waals surface area contributed by atoms with Crippen LogP contribution >= 0.6 is 11.8 Å². The third kappa shape index (κ3) is 2.66. The predicted molar refractivity (Wildman–Crippen MR) is 86.5 cm³/mol. The number of aliphatic hydroxyl groups excluding tert-OH is 1.